The van der Waals surface area contributed by atoms with Gasteiger partial charge in [-0.05, 0) is 30.2 Å². The summed E-state index contributed by atoms with van der Waals surface area (Å²) in [5.74, 6) is 0.985. The Hall–Kier alpha value is -2.64. The number of aromatic hydroxyl groups is 1. The van der Waals surface area contributed by atoms with Crippen LogP contribution in [0.25, 0.3) is 0 Å². The van der Waals surface area contributed by atoms with Crippen LogP contribution in [0.5, 0.6) is 11.5 Å². The van der Waals surface area contributed by atoms with E-state index >= 15 is 0 Å². The van der Waals surface area contributed by atoms with Crippen LogP contribution in [0.3, 0.4) is 0 Å². The van der Waals surface area contributed by atoms with Gasteiger partial charge >= 0.3 is 0 Å². The maximum atomic E-state index is 11.3. The maximum absolute atomic E-state index is 11.3. The van der Waals surface area contributed by atoms with E-state index < -0.39 is 0 Å². The smallest absolute Gasteiger partial charge is 0.274 e. The van der Waals surface area contributed by atoms with Crippen LogP contribution in [-0.2, 0) is 13.0 Å². The number of hydrogen-bond acceptors (Lipinski definition) is 6. The van der Waals surface area contributed by atoms with Crippen molar-refractivity contribution in [1.82, 2.24) is 9.80 Å². The highest BCUT2D eigenvalue weighted by atomic mass is 16.6. The Morgan fingerprint density at radius 3 is 2.44 bits per heavy atom. The van der Waals surface area contributed by atoms with Gasteiger partial charge in [-0.15, -0.1) is 0 Å². The molecule has 7 heteroatoms. The third kappa shape index (κ3) is 4.96. The fraction of sp³-hybridized carbons (Fsp3) is 0.400. The van der Waals surface area contributed by atoms with Gasteiger partial charge in [0.05, 0.1) is 12.0 Å². The molecule has 3 rings (SSSR count). The van der Waals surface area contributed by atoms with Crippen molar-refractivity contribution in [2.24, 2.45) is 0 Å². The van der Waals surface area contributed by atoms with E-state index in [-0.39, 0.29) is 10.6 Å². The van der Waals surface area contributed by atoms with E-state index in [1.807, 2.05) is 18.2 Å². The number of nitrogens with zero attached hydrogens (tertiary/aromatic N) is 3. The molecule has 0 aliphatic carbocycles. The monoisotopic (exact) mass is 371 g/mol. The zero-order valence-corrected chi connectivity index (χ0v) is 15.5. The minimum absolute atomic E-state index is 0.137. The molecule has 1 aliphatic rings. The van der Waals surface area contributed by atoms with E-state index in [4.69, 9.17) is 4.74 Å². The summed E-state index contributed by atoms with van der Waals surface area (Å²) in [7, 11) is 1.56. The second-order valence-electron chi connectivity index (χ2n) is 6.75. The van der Waals surface area contributed by atoms with Gasteiger partial charge in [0.25, 0.3) is 5.69 Å². The first-order valence-corrected chi connectivity index (χ1v) is 9.09. The van der Waals surface area contributed by atoms with Crippen molar-refractivity contribution in [2.75, 3.05) is 39.8 Å². The lowest BCUT2D eigenvalue weighted by molar-refractivity contribution is -0.385. The van der Waals surface area contributed by atoms with Crippen molar-refractivity contribution in [3.05, 3.63) is 63.7 Å². The normalized spacial score (nSPS) is 15.6. The van der Waals surface area contributed by atoms with E-state index in [0.29, 0.717) is 23.6 Å². The van der Waals surface area contributed by atoms with E-state index in [1.54, 1.807) is 25.3 Å². The molecule has 1 N–H and O–H groups in total. The van der Waals surface area contributed by atoms with Gasteiger partial charge in [0.2, 0.25) is 0 Å². The van der Waals surface area contributed by atoms with Crippen LogP contribution in [0.2, 0.25) is 0 Å². The summed E-state index contributed by atoms with van der Waals surface area (Å²) in [5, 5.41) is 21.1. The largest absolute Gasteiger partial charge is 0.508 e. The number of nitro groups is 1. The fourth-order valence-electron chi connectivity index (χ4n) is 3.41. The lowest BCUT2D eigenvalue weighted by Crippen LogP contribution is -2.46. The number of phenolic OH excluding ortho intramolecular Hbond substituents is 1. The quantitative estimate of drug-likeness (QED) is 0.595. The highest BCUT2D eigenvalue weighted by Gasteiger charge is 2.21. The Morgan fingerprint density at radius 1 is 1.07 bits per heavy atom. The van der Waals surface area contributed by atoms with Crippen molar-refractivity contribution < 1.29 is 14.8 Å². The van der Waals surface area contributed by atoms with Crippen LogP contribution in [0, 0.1) is 10.1 Å². The fourth-order valence-corrected chi connectivity index (χ4v) is 3.41. The first-order valence-electron chi connectivity index (χ1n) is 9.09. The van der Waals surface area contributed by atoms with E-state index in [1.165, 1.54) is 6.07 Å². The Morgan fingerprint density at radius 2 is 1.78 bits per heavy atom. The molecule has 2 aromatic carbocycles. The number of hydrogen-bond donors (Lipinski definition) is 1. The Labute approximate surface area is 158 Å². The van der Waals surface area contributed by atoms with Gasteiger partial charge in [-0.3, -0.25) is 15.0 Å². The number of rotatable bonds is 7. The number of benzene rings is 2. The Balaban J connectivity index is 1.54. The molecule has 144 valence electrons. The van der Waals surface area contributed by atoms with Gasteiger partial charge < -0.3 is 14.7 Å². The number of nitro benzene ring substituents is 1. The summed E-state index contributed by atoms with van der Waals surface area (Å²) in [6.07, 6.45) is 0.814. The molecule has 0 amide bonds. The third-order valence-electron chi connectivity index (χ3n) is 5.03. The van der Waals surface area contributed by atoms with Crippen molar-refractivity contribution in [1.29, 1.82) is 0 Å². The SMILES string of the molecule is COc1ccc([N+](=O)[O-])c(CN2CCN(CCc3ccccc3O)CC2)c1. The first-order chi connectivity index (χ1) is 13.1. The molecule has 0 bridgehead atoms. The highest BCUT2D eigenvalue weighted by Crippen LogP contribution is 2.25. The number of phenols is 1. The van der Waals surface area contributed by atoms with Crippen molar-refractivity contribution in [2.45, 2.75) is 13.0 Å². The number of para-hydroxylation sites is 1. The molecule has 2 aromatic rings. The van der Waals surface area contributed by atoms with Crippen LogP contribution in [0.4, 0.5) is 5.69 Å². The van der Waals surface area contributed by atoms with Crippen LogP contribution < -0.4 is 4.74 Å². The molecule has 1 fully saturated rings. The van der Waals surface area contributed by atoms with Gasteiger partial charge in [-0.1, -0.05) is 18.2 Å². The van der Waals surface area contributed by atoms with E-state index in [2.05, 4.69) is 9.80 Å². The van der Waals surface area contributed by atoms with Gasteiger partial charge in [0, 0.05) is 50.9 Å². The molecule has 1 aliphatic heterocycles. The van der Waals surface area contributed by atoms with E-state index in [0.717, 1.165) is 44.7 Å². The second kappa shape index (κ2) is 8.83. The standard InChI is InChI=1S/C20H25N3O4/c1-27-18-6-7-19(23(25)26)17(14-18)15-22-12-10-21(11-13-22)9-8-16-4-2-3-5-20(16)24/h2-7,14,24H,8-13,15H2,1H3. The van der Waals surface area contributed by atoms with Crippen molar-refractivity contribution in [3.63, 3.8) is 0 Å². The molecule has 1 saturated heterocycles. The molecule has 0 aromatic heterocycles. The van der Waals surface area contributed by atoms with Crippen LogP contribution in [0.1, 0.15) is 11.1 Å². The van der Waals surface area contributed by atoms with Crippen LogP contribution >= 0.6 is 0 Å². The average molecular weight is 371 g/mol. The minimum atomic E-state index is -0.336. The summed E-state index contributed by atoms with van der Waals surface area (Å²) in [4.78, 5) is 15.5. The summed E-state index contributed by atoms with van der Waals surface area (Å²) in [5.41, 5.74) is 1.78. The molecule has 0 radical (unpaired) electrons. The predicted octanol–water partition coefficient (Wildman–Crippen LogP) is 2.67. The summed E-state index contributed by atoms with van der Waals surface area (Å²) in [6.45, 7) is 4.96. The van der Waals surface area contributed by atoms with Crippen LogP contribution in [-0.4, -0.2) is 59.7 Å². The summed E-state index contributed by atoms with van der Waals surface area (Å²) >= 11 is 0. The first kappa shape index (κ1) is 19.1. The van der Waals surface area contributed by atoms with Crippen molar-refractivity contribution >= 4 is 5.69 Å². The minimum Gasteiger partial charge on any atom is -0.508 e. The topological polar surface area (TPSA) is 79.1 Å². The zero-order chi connectivity index (χ0) is 19.2. The predicted molar refractivity (Wildman–Crippen MR) is 103 cm³/mol. The van der Waals surface area contributed by atoms with Crippen LogP contribution in [0.15, 0.2) is 42.5 Å². The Bertz CT molecular complexity index is 789. The van der Waals surface area contributed by atoms with Crippen molar-refractivity contribution in [3.8, 4) is 11.5 Å². The highest BCUT2D eigenvalue weighted by molar-refractivity contribution is 5.45. The number of piperazine rings is 1. The zero-order valence-electron chi connectivity index (χ0n) is 15.5. The summed E-state index contributed by atoms with van der Waals surface area (Å²) < 4.78 is 5.21. The molecule has 7 nitrogen and oxygen atoms in total. The number of methoxy groups -OCH3 is 1. The molecule has 27 heavy (non-hydrogen) atoms. The third-order valence-corrected chi connectivity index (χ3v) is 5.03. The molecular weight excluding hydrogens is 346 g/mol. The maximum Gasteiger partial charge on any atom is 0.274 e. The molecule has 1 heterocycles. The second-order valence-corrected chi connectivity index (χ2v) is 6.75. The van der Waals surface area contributed by atoms with Gasteiger partial charge in [0.15, 0.2) is 0 Å². The molecular formula is C20H25N3O4. The molecule has 0 atom stereocenters. The van der Waals surface area contributed by atoms with Gasteiger partial charge in [-0.25, -0.2) is 0 Å². The molecule has 0 saturated carbocycles. The lowest BCUT2D eigenvalue weighted by atomic mass is 10.1. The Kier molecular flexibility index (Phi) is 6.26. The van der Waals surface area contributed by atoms with E-state index in [9.17, 15) is 15.2 Å². The number of ether oxygens (including phenoxy) is 1. The lowest BCUT2D eigenvalue weighted by Gasteiger charge is -2.34. The summed E-state index contributed by atoms with van der Waals surface area (Å²) in [6, 6.07) is 12.3. The average Bonchev–Trinajstić information content (AvgIpc) is 2.68. The molecule has 0 unspecified atom stereocenters. The van der Waals surface area contributed by atoms with Gasteiger partial charge in [0.1, 0.15) is 11.5 Å². The van der Waals surface area contributed by atoms with Gasteiger partial charge in [-0.2, -0.15) is 0 Å². The molecule has 0 spiro atoms.